The summed E-state index contributed by atoms with van der Waals surface area (Å²) in [5, 5.41) is 0. The molecule has 4 nitrogen and oxygen atoms in total. The Kier molecular flexibility index (Phi) is 5.52. The predicted molar refractivity (Wildman–Crippen MR) is 114 cm³/mol. The third kappa shape index (κ3) is 3.71. The van der Waals surface area contributed by atoms with Crippen molar-refractivity contribution in [2.45, 2.75) is 37.6 Å². The highest BCUT2D eigenvalue weighted by Crippen LogP contribution is 2.38. The molecule has 4 heteroatoms. The number of likely N-dealkylation sites (tertiary alicyclic amines) is 1. The summed E-state index contributed by atoms with van der Waals surface area (Å²) in [5.41, 5.74) is 3.09. The van der Waals surface area contributed by atoms with Gasteiger partial charge in [-0.15, -0.1) is 0 Å². The number of hydrogen-bond acceptors (Lipinski definition) is 2. The van der Waals surface area contributed by atoms with Crippen LogP contribution in [-0.4, -0.2) is 41.2 Å². The van der Waals surface area contributed by atoms with Gasteiger partial charge in [-0.25, -0.2) is 0 Å². The van der Waals surface area contributed by atoms with E-state index in [0.717, 1.165) is 24.9 Å². The third-order valence-corrected chi connectivity index (χ3v) is 6.48. The maximum Gasteiger partial charge on any atom is 0.245 e. The molecule has 2 aliphatic rings. The van der Waals surface area contributed by atoms with Gasteiger partial charge in [0.1, 0.15) is 0 Å². The average molecular weight is 389 g/mol. The van der Waals surface area contributed by atoms with Crippen LogP contribution in [0.4, 0.5) is 0 Å². The van der Waals surface area contributed by atoms with E-state index in [0.29, 0.717) is 32.5 Å². The Morgan fingerprint density at radius 1 is 0.862 bits per heavy atom. The van der Waals surface area contributed by atoms with Crippen molar-refractivity contribution >= 4 is 11.8 Å². The fourth-order valence-electron chi connectivity index (χ4n) is 4.80. The highest BCUT2D eigenvalue weighted by atomic mass is 16.2. The summed E-state index contributed by atoms with van der Waals surface area (Å²) < 4.78 is 0. The van der Waals surface area contributed by atoms with Crippen molar-refractivity contribution < 1.29 is 9.59 Å². The molecule has 2 aliphatic heterocycles. The number of hydrogen-bond donors (Lipinski definition) is 0. The van der Waals surface area contributed by atoms with Gasteiger partial charge in [-0.2, -0.15) is 0 Å². The van der Waals surface area contributed by atoms with Gasteiger partial charge < -0.3 is 9.80 Å². The molecule has 0 spiro atoms. The second-order valence-electron chi connectivity index (χ2n) is 8.08. The summed E-state index contributed by atoms with van der Waals surface area (Å²) in [6, 6.07) is 18.6. The highest BCUT2D eigenvalue weighted by molar-refractivity contribution is 5.90. The van der Waals surface area contributed by atoms with Crippen LogP contribution in [0.2, 0.25) is 0 Å². The van der Waals surface area contributed by atoms with Gasteiger partial charge >= 0.3 is 0 Å². The molecule has 150 valence electrons. The van der Waals surface area contributed by atoms with E-state index in [9.17, 15) is 9.59 Å². The summed E-state index contributed by atoms with van der Waals surface area (Å²) in [4.78, 5) is 29.9. The molecule has 2 aromatic rings. The van der Waals surface area contributed by atoms with Crippen molar-refractivity contribution in [2.75, 3.05) is 19.6 Å². The second-order valence-corrected chi connectivity index (χ2v) is 8.08. The van der Waals surface area contributed by atoms with Crippen molar-refractivity contribution in [2.24, 2.45) is 0 Å². The first kappa shape index (κ1) is 19.4. The summed E-state index contributed by atoms with van der Waals surface area (Å²) in [6.07, 6.45) is 4.65. The number of carbonyl (C=O) groups excluding carboxylic acids is 2. The molecule has 2 aromatic carbocycles. The quantitative estimate of drug-likeness (QED) is 0.752. The lowest BCUT2D eigenvalue weighted by Gasteiger charge is -2.43. The van der Waals surface area contributed by atoms with Crippen LogP contribution in [-0.2, 0) is 28.0 Å². The van der Waals surface area contributed by atoms with Gasteiger partial charge in [-0.05, 0) is 48.4 Å². The van der Waals surface area contributed by atoms with Gasteiger partial charge in [-0.1, -0.05) is 61.2 Å². The first-order chi connectivity index (χ1) is 14.1. The number of carbonyl (C=O) groups is 2. The molecule has 0 aromatic heterocycles. The van der Waals surface area contributed by atoms with E-state index in [-0.39, 0.29) is 11.8 Å². The van der Waals surface area contributed by atoms with E-state index >= 15 is 0 Å². The molecule has 4 rings (SSSR count). The van der Waals surface area contributed by atoms with Gasteiger partial charge in [0.05, 0.1) is 5.41 Å². The zero-order chi connectivity index (χ0) is 20.3. The molecule has 2 heterocycles. The van der Waals surface area contributed by atoms with Crippen LogP contribution in [0.15, 0.2) is 67.3 Å². The number of amides is 2. The summed E-state index contributed by atoms with van der Waals surface area (Å²) in [7, 11) is 0. The van der Waals surface area contributed by atoms with Crippen LogP contribution >= 0.6 is 0 Å². The van der Waals surface area contributed by atoms with E-state index < -0.39 is 5.41 Å². The fraction of sp³-hybridized carbons (Fsp3) is 0.360. The number of benzene rings is 2. The van der Waals surface area contributed by atoms with Crippen molar-refractivity contribution in [1.29, 1.82) is 0 Å². The largest absolute Gasteiger partial charge is 0.339 e. The van der Waals surface area contributed by atoms with Crippen molar-refractivity contribution in [3.63, 3.8) is 0 Å². The molecule has 0 saturated carbocycles. The van der Waals surface area contributed by atoms with Crippen molar-refractivity contribution in [3.8, 4) is 0 Å². The third-order valence-electron chi connectivity index (χ3n) is 6.48. The minimum absolute atomic E-state index is 0.0530. The lowest BCUT2D eigenvalue weighted by Crippen LogP contribution is -2.53. The summed E-state index contributed by atoms with van der Waals surface area (Å²) in [5.74, 6) is 0.147. The zero-order valence-electron chi connectivity index (χ0n) is 16.8. The molecule has 1 fully saturated rings. The Morgan fingerprint density at radius 2 is 1.52 bits per heavy atom. The first-order valence-corrected chi connectivity index (χ1v) is 10.5. The minimum atomic E-state index is -0.571. The second kappa shape index (κ2) is 8.24. The fourth-order valence-corrected chi connectivity index (χ4v) is 4.80. The zero-order valence-corrected chi connectivity index (χ0v) is 16.8. The van der Waals surface area contributed by atoms with E-state index in [1.807, 2.05) is 23.1 Å². The molecule has 0 N–H and O–H groups in total. The van der Waals surface area contributed by atoms with Crippen LogP contribution in [0.25, 0.3) is 0 Å². The van der Waals surface area contributed by atoms with Crippen LogP contribution in [0.5, 0.6) is 0 Å². The average Bonchev–Trinajstić information content (AvgIpc) is 3.01. The van der Waals surface area contributed by atoms with Gasteiger partial charge in [0.2, 0.25) is 11.8 Å². The molecule has 0 radical (unpaired) electrons. The smallest absolute Gasteiger partial charge is 0.245 e. The monoisotopic (exact) mass is 388 g/mol. The normalized spacial score (nSPS) is 18.5. The number of rotatable bonds is 3. The van der Waals surface area contributed by atoms with Gasteiger partial charge in [-0.3, -0.25) is 9.59 Å². The molecule has 0 aliphatic carbocycles. The number of aryl methyl sites for hydroxylation is 1. The summed E-state index contributed by atoms with van der Waals surface area (Å²) >= 11 is 0. The lowest BCUT2D eigenvalue weighted by molar-refractivity contribution is -0.142. The maximum atomic E-state index is 14.0. The van der Waals surface area contributed by atoms with E-state index in [1.54, 1.807) is 4.90 Å². The molecular weight excluding hydrogens is 360 g/mol. The highest BCUT2D eigenvalue weighted by Gasteiger charge is 2.45. The number of nitrogens with zero attached hydrogens (tertiary/aromatic N) is 2. The minimum Gasteiger partial charge on any atom is -0.339 e. The van der Waals surface area contributed by atoms with E-state index in [2.05, 4.69) is 43.0 Å². The Bertz CT molecular complexity index is 898. The summed E-state index contributed by atoms with van der Waals surface area (Å²) in [6.45, 7) is 6.20. The van der Waals surface area contributed by atoms with E-state index in [4.69, 9.17) is 0 Å². The van der Waals surface area contributed by atoms with Crippen LogP contribution in [0.1, 0.15) is 36.0 Å². The Hall–Kier alpha value is -2.88. The van der Waals surface area contributed by atoms with Gasteiger partial charge in [0.25, 0.3) is 0 Å². The number of piperidine rings is 1. The standard InChI is InChI=1S/C25H28N2O2/c1-2-23(28)26-17-14-25(15-18-26,22-12-4-3-5-13-22)24(29)27-16-8-11-20-9-6-7-10-21(20)19-27/h2-7,9-10,12-13H,1,8,11,14-19H2. The van der Waals surface area contributed by atoms with Crippen LogP contribution in [0.3, 0.4) is 0 Å². The molecule has 29 heavy (non-hydrogen) atoms. The maximum absolute atomic E-state index is 14.0. The predicted octanol–water partition coefficient (Wildman–Crippen LogP) is 3.71. The SMILES string of the molecule is C=CC(=O)N1CCC(C(=O)N2CCCc3ccccc3C2)(c2ccccc2)CC1. The molecule has 0 atom stereocenters. The van der Waals surface area contributed by atoms with Crippen molar-refractivity contribution in [1.82, 2.24) is 9.80 Å². The Balaban J connectivity index is 1.64. The molecule has 2 amide bonds. The first-order valence-electron chi connectivity index (χ1n) is 10.5. The molecule has 0 unspecified atom stereocenters. The van der Waals surface area contributed by atoms with Gasteiger partial charge in [0.15, 0.2) is 0 Å². The Morgan fingerprint density at radius 3 is 2.21 bits per heavy atom. The molecule has 1 saturated heterocycles. The van der Waals surface area contributed by atoms with Crippen LogP contribution < -0.4 is 0 Å². The van der Waals surface area contributed by atoms with Gasteiger partial charge in [0, 0.05) is 26.2 Å². The van der Waals surface area contributed by atoms with Crippen molar-refractivity contribution in [3.05, 3.63) is 83.9 Å². The topological polar surface area (TPSA) is 40.6 Å². The van der Waals surface area contributed by atoms with E-state index in [1.165, 1.54) is 17.2 Å². The molecular formula is C25H28N2O2. The molecule has 0 bridgehead atoms. The lowest BCUT2D eigenvalue weighted by atomic mass is 9.71. The Labute approximate surface area is 172 Å². The van der Waals surface area contributed by atoms with Crippen LogP contribution in [0, 0.1) is 0 Å². The number of fused-ring (bicyclic) bond motifs is 1.